The number of amides is 1. The fourth-order valence-corrected chi connectivity index (χ4v) is 1.51. The van der Waals surface area contributed by atoms with Gasteiger partial charge in [0.15, 0.2) is 0 Å². The highest BCUT2D eigenvalue weighted by Crippen LogP contribution is 2.16. The molecule has 1 rings (SSSR count). The van der Waals surface area contributed by atoms with Crippen LogP contribution in [0.2, 0.25) is 0 Å². The van der Waals surface area contributed by atoms with Crippen molar-refractivity contribution in [1.82, 2.24) is 4.90 Å². The van der Waals surface area contributed by atoms with Crippen molar-refractivity contribution in [2.45, 2.75) is 26.2 Å². The van der Waals surface area contributed by atoms with E-state index in [2.05, 4.69) is 12.7 Å². The second-order valence-electron chi connectivity index (χ2n) is 3.54. The third kappa shape index (κ3) is 4.58. The molecule has 1 heterocycles. The minimum atomic E-state index is -0.0229. The molecule has 1 aliphatic heterocycles. The number of piperidine rings is 1. The summed E-state index contributed by atoms with van der Waals surface area (Å²) in [5.41, 5.74) is 4.50. The Bertz CT molecular complexity index is 154. The number of aliphatic hydroxyl groups excluding tert-OH is 1. The second kappa shape index (κ2) is 7.76. The summed E-state index contributed by atoms with van der Waals surface area (Å²) in [6.07, 6.45) is 2.50. The fraction of sp³-hybridized carbons (Fsp3) is 0.900. The van der Waals surface area contributed by atoms with E-state index in [9.17, 15) is 4.79 Å². The third-order valence-corrected chi connectivity index (χ3v) is 2.46. The summed E-state index contributed by atoms with van der Waals surface area (Å²) in [6.45, 7) is 3.94. The van der Waals surface area contributed by atoms with Gasteiger partial charge in [-0.3, -0.25) is 4.79 Å². The quantitative estimate of drug-likeness (QED) is 0.672. The minimum Gasteiger partial charge on any atom is -0.396 e. The number of carbonyl (C=O) groups excluding carboxylic acids is 1. The van der Waals surface area contributed by atoms with Crippen LogP contribution in [-0.4, -0.2) is 42.7 Å². The molecule has 0 unspecified atom stereocenters. The van der Waals surface area contributed by atoms with Crippen LogP contribution in [0, 0.1) is 5.92 Å². The lowest BCUT2D eigenvalue weighted by molar-refractivity contribution is -0.133. The van der Waals surface area contributed by atoms with Crippen molar-refractivity contribution in [3.8, 4) is 0 Å². The van der Waals surface area contributed by atoms with Crippen LogP contribution in [-0.2, 0) is 4.79 Å². The van der Waals surface area contributed by atoms with Gasteiger partial charge in [-0.25, -0.2) is 0 Å². The van der Waals surface area contributed by atoms with Gasteiger partial charge < -0.3 is 15.7 Å². The van der Waals surface area contributed by atoms with E-state index in [1.54, 1.807) is 0 Å². The molecule has 0 aromatic rings. The zero-order valence-corrected chi connectivity index (χ0v) is 9.20. The summed E-state index contributed by atoms with van der Waals surface area (Å²) >= 11 is 0. The first-order chi connectivity index (χ1) is 6.74. The summed E-state index contributed by atoms with van der Waals surface area (Å²) in [5.74, 6) is 0.854. The van der Waals surface area contributed by atoms with Crippen molar-refractivity contribution in [2.75, 3.05) is 26.7 Å². The Morgan fingerprint density at radius 2 is 1.93 bits per heavy atom. The second-order valence-corrected chi connectivity index (χ2v) is 3.54. The van der Waals surface area contributed by atoms with Crippen molar-refractivity contribution in [3.05, 3.63) is 0 Å². The van der Waals surface area contributed by atoms with E-state index >= 15 is 0 Å². The summed E-state index contributed by atoms with van der Waals surface area (Å²) in [6, 6.07) is 0. The highest BCUT2D eigenvalue weighted by molar-refractivity contribution is 5.76. The summed E-state index contributed by atoms with van der Waals surface area (Å²) in [5, 5.41) is 8.57. The van der Waals surface area contributed by atoms with Crippen LogP contribution in [0.1, 0.15) is 26.2 Å². The van der Waals surface area contributed by atoms with Gasteiger partial charge in [0.05, 0.1) is 6.61 Å². The van der Waals surface area contributed by atoms with Crippen LogP contribution in [0.4, 0.5) is 0 Å². The van der Waals surface area contributed by atoms with Gasteiger partial charge in [0.25, 0.3) is 0 Å². The molecule has 1 amide bonds. The smallest absolute Gasteiger partial charge is 0.224 e. The van der Waals surface area contributed by atoms with Gasteiger partial charge in [-0.2, -0.15) is 0 Å². The Morgan fingerprint density at radius 3 is 2.36 bits per heavy atom. The summed E-state index contributed by atoms with van der Waals surface area (Å²) in [4.78, 5) is 13.1. The standard InChI is InChI=1S/C9H17NO2.CH5N/c1-8-2-5-10(6-3-8)9(12)4-7-11;1-2/h8,11H,2-7H2,1H3;2H2,1H3. The summed E-state index contributed by atoms with van der Waals surface area (Å²) < 4.78 is 0. The molecule has 0 saturated carbocycles. The number of hydrogen-bond acceptors (Lipinski definition) is 3. The highest BCUT2D eigenvalue weighted by atomic mass is 16.3. The molecule has 84 valence electrons. The van der Waals surface area contributed by atoms with Crippen molar-refractivity contribution >= 4 is 5.91 Å². The molecular weight excluding hydrogens is 180 g/mol. The number of hydrogen-bond donors (Lipinski definition) is 2. The molecule has 0 spiro atoms. The number of rotatable bonds is 2. The Kier molecular flexibility index (Phi) is 7.42. The van der Waals surface area contributed by atoms with Gasteiger partial charge in [-0.15, -0.1) is 0 Å². The minimum absolute atomic E-state index is 0.0229. The van der Waals surface area contributed by atoms with E-state index in [0.717, 1.165) is 31.8 Å². The van der Waals surface area contributed by atoms with E-state index in [1.165, 1.54) is 7.05 Å². The predicted molar refractivity (Wildman–Crippen MR) is 56.8 cm³/mol. The Hall–Kier alpha value is -0.610. The lowest BCUT2D eigenvalue weighted by Gasteiger charge is -2.30. The van der Waals surface area contributed by atoms with Crippen LogP contribution in [0.15, 0.2) is 0 Å². The van der Waals surface area contributed by atoms with Crippen molar-refractivity contribution in [2.24, 2.45) is 11.7 Å². The molecule has 4 nitrogen and oxygen atoms in total. The Morgan fingerprint density at radius 1 is 1.43 bits per heavy atom. The van der Waals surface area contributed by atoms with Gasteiger partial charge in [0.2, 0.25) is 5.91 Å². The van der Waals surface area contributed by atoms with Gasteiger partial charge >= 0.3 is 0 Å². The van der Waals surface area contributed by atoms with E-state index in [0.29, 0.717) is 0 Å². The molecule has 0 radical (unpaired) electrons. The van der Waals surface area contributed by atoms with Gasteiger partial charge in [0, 0.05) is 19.5 Å². The molecular formula is C10H22N2O2. The molecule has 0 aromatic carbocycles. The molecule has 0 atom stereocenters. The SMILES string of the molecule is CC1CCN(C(=O)CCO)CC1.CN. The van der Waals surface area contributed by atoms with Crippen molar-refractivity contribution in [3.63, 3.8) is 0 Å². The number of aliphatic hydroxyl groups is 1. The number of likely N-dealkylation sites (tertiary alicyclic amines) is 1. The fourth-order valence-electron chi connectivity index (χ4n) is 1.51. The molecule has 1 saturated heterocycles. The Balaban J connectivity index is 0.000000791. The first-order valence-corrected chi connectivity index (χ1v) is 5.20. The van der Waals surface area contributed by atoms with Crippen LogP contribution >= 0.6 is 0 Å². The lowest BCUT2D eigenvalue weighted by atomic mass is 9.99. The maximum atomic E-state index is 11.3. The predicted octanol–water partition coefficient (Wildman–Crippen LogP) is 0.202. The maximum Gasteiger partial charge on any atom is 0.224 e. The van der Waals surface area contributed by atoms with Crippen molar-refractivity contribution in [1.29, 1.82) is 0 Å². The van der Waals surface area contributed by atoms with Crippen LogP contribution < -0.4 is 5.73 Å². The average Bonchev–Trinajstić information content (AvgIpc) is 2.22. The number of nitrogens with two attached hydrogens (primary N) is 1. The molecule has 3 N–H and O–H groups in total. The van der Waals surface area contributed by atoms with Crippen molar-refractivity contribution < 1.29 is 9.90 Å². The van der Waals surface area contributed by atoms with Crippen LogP contribution in [0.3, 0.4) is 0 Å². The first kappa shape index (κ1) is 13.4. The molecule has 1 aliphatic rings. The normalized spacial score (nSPS) is 17.3. The van der Waals surface area contributed by atoms with E-state index in [-0.39, 0.29) is 18.9 Å². The molecule has 0 aliphatic carbocycles. The van der Waals surface area contributed by atoms with E-state index < -0.39 is 0 Å². The third-order valence-electron chi connectivity index (χ3n) is 2.46. The monoisotopic (exact) mass is 202 g/mol. The molecule has 0 aromatic heterocycles. The van der Waals surface area contributed by atoms with Gasteiger partial charge in [-0.05, 0) is 25.8 Å². The zero-order chi connectivity index (χ0) is 11.0. The Labute approximate surface area is 86.1 Å². The van der Waals surface area contributed by atoms with Gasteiger partial charge in [-0.1, -0.05) is 6.92 Å². The molecule has 4 heteroatoms. The average molecular weight is 202 g/mol. The summed E-state index contributed by atoms with van der Waals surface area (Å²) in [7, 11) is 1.50. The van der Waals surface area contributed by atoms with Gasteiger partial charge in [0.1, 0.15) is 0 Å². The molecule has 1 fully saturated rings. The molecule has 0 bridgehead atoms. The maximum absolute atomic E-state index is 11.3. The molecule has 14 heavy (non-hydrogen) atoms. The largest absolute Gasteiger partial charge is 0.396 e. The zero-order valence-electron chi connectivity index (χ0n) is 9.20. The van der Waals surface area contributed by atoms with Crippen LogP contribution in [0.25, 0.3) is 0 Å². The van der Waals surface area contributed by atoms with E-state index in [1.807, 2.05) is 4.90 Å². The topological polar surface area (TPSA) is 66.6 Å². The van der Waals surface area contributed by atoms with E-state index in [4.69, 9.17) is 5.11 Å². The number of carbonyl (C=O) groups is 1. The first-order valence-electron chi connectivity index (χ1n) is 5.20. The number of nitrogens with zero attached hydrogens (tertiary/aromatic N) is 1. The van der Waals surface area contributed by atoms with Crippen LogP contribution in [0.5, 0.6) is 0 Å². The lowest BCUT2D eigenvalue weighted by Crippen LogP contribution is -2.38. The highest BCUT2D eigenvalue weighted by Gasteiger charge is 2.19.